The molecular weight excluding hydrogens is 552 g/mol. The molecule has 1 saturated heterocycles. The quantitative estimate of drug-likeness (QED) is 0.242. The highest BCUT2D eigenvalue weighted by Gasteiger charge is 2.43. The summed E-state index contributed by atoms with van der Waals surface area (Å²) >= 11 is 0. The summed E-state index contributed by atoms with van der Waals surface area (Å²) in [4.78, 5) is 17.6. The number of benzene rings is 2. The molecule has 1 amide bonds. The average Bonchev–Trinajstić information content (AvgIpc) is 3.59. The first-order chi connectivity index (χ1) is 20.4. The number of aromatic nitrogens is 3. The lowest BCUT2D eigenvalue weighted by atomic mass is 10.00. The molecule has 43 heavy (non-hydrogen) atoms. The molecular formula is C32H40N4O7. The summed E-state index contributed by atoms with van der Waals surface area (Å²) in [6.45, 7) is 15.0. The fraction of sp³-hybridized carbons (Fsp3) is 0.469. The van der Waals surface area contributed by atoms with Crippen molar-refractivity contribution in [2.24, 2.45) is 0 Å². The summed E-state index contributed by atoms with van der Waals surface area (Å²) in [5.74, 6) is 1.35. The Labute approximate surface area is 251 Å². The third kappa shape index (κ3) is 6.94. The number of amides is 1. The molecule has 1 fully saturated rings. The Kier molecular flexibility index (Phi) is 8.40. The predicted octanol–water partition coefficient (Wildman–Crippen LogP) is 6.20. The first-order valence-corrected chi connectivity index (χ1v) is 14.5. The van der Waals surface area contributed by atoms with Crippen LogP contribution in [0.15, 0.2) is 53.2 Å². The van der Waals surface area contributed by atoms with E-state index in [4.69, 9.17) is 33.2 Å². The van der Waals surface area contributed by atoms with Crippen LogP contribution in [0, 0.1) is 0 Å². The second-order valence-corrected chi connectivity index (χ2v) is 12.0. The van der Waals surface area contributed by atoms with Crippen molar-refractivity contribution in [3.05, 3.63) is 48.7 Å². The molecule has 230 valence electrons. The van der Waals surface area contributed by atoms with Crippen molar-refractivity contribution in [1.29, 1.82) is 0 Å². The summed E-state index contributed by atoms with van der Waals surface area (Å²) < 4.78 is 36.7. The number of hydrogen-bond donors (Lipinski definition) is 1. The Morgan fingerprint density at radius 2 is 1.74 bits per heavy atom. The van der Waals surface area contributed by atoms with E-state index in [-0.39, 0.29) is 13.2 Å². The van der Waals surface area contributed by atoms with Gasteiger partial charge in [0.15, 0.2) is 17.3 Å². The molecule has 3 heterocycles. The third-order valence-corrected chi connectivity index (χ3v) is 6.90. The van der Waals surface area contributed by atoms with Gasteiger partial charge in [-0.05, 0) is 78.8 Å². The van der Waals surface area contributed by atoms with E-state index in [0.29, 0.717) is 43.0 Å². The first-order valence-electron chi connectivity index (χ1n) is 14.5. The summed E-state index contributed by atoms with van der Waals surface area (Å²) in [7, 11) is 0. The van der Waals surface area contributed by atoms with Gasteiger partial charge in [-0.2, -0.15) is 4.98 Å². The van der Waals surface area contributed by atoms with Crippen molar-refractivity contribution in [2.75, 3.05) is 26.4 Å². The highest BCUT2D eigenvalue weighted by Crippen LogP contribution is 2.35. The molecule has 11 heteroatoms. The maximum absolute atomic E-state index is 12.9. The largest absolute Gasteiger partial charge is 0.490 e. The molecule has 2 aromatic carbocycles. The van der Waals surface area contributed by atoms with E-state index in [2.05, 4.69) is 15.0 Å². The number of alkyl carbamates (subject to hydrolysis) is 1. The van der Waals surface area contributed by atoms with E-state index in [9.17, 15) is 4.79 Å². The number of ether oxygens (including phenoxy) is 5. The van der Waals surface area contributed by atoms with E-state index in [1.165, 1.54) is 0 Å². The molecule has 0 spiro atoms. The van der Waals surface area contributed by atoms with E-state index in [1.54, 1.807) is 0 Å². The summed E-state index contributed by atoms with van der Waals surface area (Å²) in [5, 5.41) is 8.26. The Hall–Kier alpha value is -4.09. The van der Waals surface area contributed by atoms with Gasteiger partial charge in [-0.25, -0.2) is 4.79 Å². The van der Waals surface area contributed by atoms with Gasteiger partial charge in [0.05, 0.1) is 33.0 Å². The van der Waals surface area contributed by atoms with Crippen molar-refractivity contribution in [3.8, 4) is 34.3 Å². The zero-order chi connectivity index (χ0) is 30.8. The Bertz CT molecular complexity index is 1570. The van der Waals surface area contributed by atoms with Crippen LogP contribution in [0.25, 0.3) is 33.7 Å². The molecule has 4 aromatic rings. The minimum absolute atomic E-state index is 0.249. The molecule has 2 aromatic heterocycles. The van der Waals surface area contributed by atoms with E-state index >= 15 is 0 Å². The normalized spacial score (nSPS) is 16.2. The van der Waals surface area contributed by atoms with Crippen LogP contribution in [0.3, 0.4) is 0 Å². The molecule has 11 nitrogen and oxygen atoms in total. The van der Waals surface area contributed by atoms with Gasteiger partial charge in [0.25, 0.3) is 5.89 Å². The van der Waals surface area contributed by atoms with Gasteiger partial charge in [-0.3, -0.25) is 0 Å². The molecule has 1 N–H and O–H groups in total. The van der Waals surface area contributed by atoms with Crippen LogP contribution in [0.4, 0.5) is 4.79 Å². The van der Waals surface area contributed by atoms with Gasteiger partial charge >= 0.3 is 6.09 Å². The lowest BCUT2D eigenvalue weighted by Crippen LogP contribution is -2.63. The number of nitrogens with one attached hydrogen (secondary N) is 1. The molecule has 0 atom stereocenters. The first kappa shape index (κ1) is 30.4. The van der Waals surface area contributed by atoms with E-state index < -0.39 is 23.0 Å². The van der Waals surface area contributed by atoms with E-state index in [0.717, 1.165) is 22.0 Å². The lowest BCUT2D eigenvalue weighted by molar-refractivity contribution is -0.272. The molecule has 1 aliphatic heterocycles. The highest BCUT2D eigenvalue weighted by atomic mass is 16.7. The number of hydrogen-bond acceptors (Lipinski definition) is 9. The van der Waals surface area contributed by atoms with Gasteiger partial charge in [-0.15, -0.1) is 0 Å². The number of fused-ring (bicyclic) bond motifs is 1. The molecule has 0 saturated carbocycles. The molecule has 0 radical (unpaired) electrons. The SMILES string of the molecule is CCOc1ccc(-c2nc(-c3cccc4c3ccn4CC3(NC(=O)OC(C)(C)C)COC(C)(C)OC3)no2)cc1OCC. The highest BCUT2D eigenvalue weighted by molar-refractivity contribution is 5.94. The van der Waals surface area contributed by atoms with Crippen LogP contribution in [0.2, 0.25) is 0 Å². The molecule has 1 aliphatic rings. The van der Waals surface area contributed by atoms with Crippen LogP contribution < -0.4 is 14.8 Å². The van der Waals surface area contributed by atoms with Crippen molar-refractivity contribution in [2.45, 2.75) is 71.9 Å². The Balaban J connectivity index is 1.44. The standard InChI is InChI=1S/C32H40N4O7/c1-8-38-25-14-13-21(17-26(25)39-9-2)28-33-27(35-43-28)23-11-10-12-24-22(23)15-16-36(24)18-32(19-40-31(6,7)41-20-32)34-29(37)42-30(3,4)5/h10-17H,8-9,18-20H2,1-7H3,(H,34,37). The van der Waals surface area contributed by atoms with Crippen LogP contribution in [0.1, 0.15) is 48.5 Å². The summed E-state index contributed by atoms with van der Waals surface area (Å²) in [6.07, 6.45) is 1.44. The maximum atomic E-state index is 12.9. The smallest absolute Gasteiger partial charge is 0.408 e. The second-order valence-electron chi connectivity index (χ2n) is 12.0. The van der Waals surface area contributed by atoms with Crippen LogP contribution in [-0.2, 0) is 20.8 Å². The predicted molar refractivity (Wildman–Crippen MR) is 161 cm³/mol. The topological polar surface area (TPSA) is 119 Å². The number of carbonyl (C=O) groups is 1. The van der Waals surface area contributed by atoms with Gasteiger partial charge in [0.2, 0.25) is 5.82 Å². The van der Waals surface area contributed by atoms with Gasteiger partial charge in [-0.1, -0.05) is 17.3 Å². The van der Waals surface area contributed by atoms with Crippen molar-refractivity contribution in [3.63, 3.8) is 0 Å². The minimum atomic E-state index is -0.856. The zero-order valence-corrected chi connectivity index (χ0v) is 25.9. The zero-order valence-electron chi connectivity index (χ0n) is 25.9. The molecule has 0 aliphatic carbocycles. The Morgan fingerprint density at radius 3 is 2.44 bits per heavy atom. The number of rotatable bonds is 9. The lowest BCUT2D eigenvalue weighted by Gasteiger charge is -2.44. The van der Waals surface area contributed by atoms with Gasteiger partial charge < -0.3 is 38.1 Å². The summed E-state index contributed by atoms with van der Waals surface area (Å²) in [6, 6.07) is 13.5. The van der Waals surface area contributed by atoms with Crippen molar-refractivity contribution >= 4 is 17.0 Å². The van der Waals surface area contributed by atoms with Gasteiger partial charge in [0.1, 0.15) is 11.1 Å². The van der Waals surface area contributed by atoms with Crippen molar-refractivity contribution < 1.29 is 33.0 Å². The van der Waals surface area contributed by atoms with Crippen molar-refractivity contribution in [1.82, 2.24) is 20.0 Å². The molecule has 5 rings (SSSR count). The van der Waals surface area contributed by atoms with E-state index in [1.807, 2.05) is 97.1 Å². The van der Waals surface area contributed by atoms with Gasteiger partial charge in [0, 0.05) is 28.2 Å². The van der Waals surface area contributed by atoms with Crippen LogP contribution >= 0.6 is 0 Å². The third-order valence-electron chi connectivity index (χ3n) is 6.90. The number of nitrogens with zero attached hydrogens (tertiary/aromatic N) is 3. The number of carbonyl (C=O) groups excluding carboxylic acids is 1. The minimum Gasteiger partial charge on any atom is -0.490 e. The maximum Gasteiger partial charge on any atom is 0.408 e. The second kappa shape index (κ2) is 11.9. The van der Waals surface area contributed by atoms with Crippen LogP contribution in [0.5, 0.6) is 11.5 Å². The fourth-order valence-electron chi connectivity index (χ4n) is 4.95. The molecule has 0 bridgehead atoms. The Morgan fingerprint density at radius 1 is 1.02 bits per heavy atom. The summed E-state index contributed by atoms with van der Waals surface area (Å²) in [5.41, 5.74) is 0.971. The fourth-order valence-corrected chi connectivity index (χ4v) is 4.95. The van der Waals surface area contributed by atoms with Crippen LogP contribution in [-0.4, -0.2) is 64.2 Å². The average molecular weight is 593 g/mol. The monoisotopic (exact) mass is 592 g/mol. The molecule has 0 unspecified atom stereocenters.